The summed E-state index contributed by atoms with van der Waals surface area (Å²) in [5.74, 6) is 2.32. The van der Waals surface area contributed by atoms with E-state index < -0.39 is 0 Å². The van der Waals surface area contributed by atoms with Crippen LogP contribution in [0.4, 0.5) is 5.82 Å². The Kier molecular flexibility index (Phi) is 4.45. The van der Waals surface area contributed by atoms with Gasteiger partial charge in [0.25, 0.3) is 0 Å². The van der Waals surface area contributed by atoms with E-state index in [0.717, 1.165) is 38.9 Å². The van der Waals surface area contributed by atoms with Gasteiger partial charge in [0.05, 0.1) is 10.2 Å². The van der Waals surface area contributed by atoms with Gasteiger partial charge in [-0.2, -0.15) is 0 Å². The fourth-order valence-corrected chi connectivity index (χ4v) is 3.19. The van der Waals surface area contributed by atoms with Crippen molar-refractivity contribution in [1.82, 2.24) is 9.97 Å². The molecule has 1 aliphatic carbocycles. The Morgan fingerprint density at radius 2 is 2.14 bits per heavy atom. The monoisotopic (exact) mass is 365 g/mol. The number of halogens is 2. The molecule has 0 unspecified atom stereocenters. The SMILES string of the molecule is CCNc1nc(Cc2cccc(Cl)c2)nc(C2CC2)c1Br. The first-order valence-electron chi connectivity index (χ1n) is 7.22. The highest BCUT2D eigenvalue weighted by atomic mass is 79.9. The summed E-state index contributed by atoms with van der Waals surface area (Å²) < 4.78 is 1.02. The molecule has 0 radical (unpaired) electrons. The third-order valence-electron chi connectivity index (χ3n) is 3.48. The van der Waals surface area contributed by atoms with E-state index in [9.17, 15) is 0 Å². The fourth-order valence-electron chi connectivity index (χ4n) is 2.33. The molecule has 1 fully saturated rings. The summed E-state index contributed by atoms with van der Waals surface area (Å²) in [4.78, 5) is 9.41. The van der Waals surface area contributed by atoms with Crippen LogP contribution in [0.3, 0.4) is 0 Å². The number of rotatable bonds is 5. The van der Waals surface area contributed by atoms with Gasteiger partial charge in [0, 0.05) is 23.9 Å². The van der Waals surface area contributed by atoms with Gasteiger partial charge in [-0.25, -0.2) is 9.97 Å². The van der Waals surface area contributed by atoms with Crippen molar-refractivity contribution >= 4 is 33.3 Å². The molecule has 21 heavy (non-hydrogen) atoms. The van der Waals surface area contributed by atoms with Gasteiger partial charge in [-0.1, -0.05) is 23.7 Å². The van der Waals surface area contributed by atoms with Crippen LogP contribution in [0.5, 0.6) is 0 Å². The molecule has 0 saturated heterocycles. The third-order valence-corrected chi connectivity index (χ3v) is 4.50. The molecule has 2 aromatic rings. The number of nitrogens with one attached hydrogen (secondary N) is 1. The maximum Gasteiger partial charge on any atom is 0.144 e. The second kappa shape index (κ2) is 6.32. The molecule has 1 aromatic carbocycles. The molecule has 0 spiro atoms. The minimum absolute atomic E-state index is 0.581. The lowest BCUT2D eigenvalue weighted by Gasteiger charge is -2.12. The number of hydrogen-bond donors (Lipinski definition) is 1. The normalized spacial score (nSPS) is 14.2. The van der Waals surface area contributed by atoms with Crippen molar-refractivity contribution in [3.05, 3.63) is 50.8 Å². The molecule has 1 heterocycles. The van der Waals surface area contributed by atoms with Gasteiger partial charge in [-0.05, 0) is 53.4 Å². The summed E-state index contributed by atoms with van der Waals surface area (Å²) in [5.41, 5.74) is 2.27. The summed E-state index contributed by atoms with van der Waals surface area (Å²) in [6, 6.07) is 7.87. The Morgan fingerprint density at radius 3 is 2.81 bits per heavy atom. The van der Waals surface area contributed by atoms with Gasteiger partial charge in [0.2, 0.25) is 0 Å². The summed E-state index contributed by atoms with van der Waals surface area (Å²) >= 11 is 9.69. The van der Waals surface area contributed by atoms with Gasteiger partial charge in [-0.3, -0.25) is 0 Å². The summed E-state index contributed by atoms with van der Waals surface area (Å²) in [6.45, 7) is 2.91. The maximum absolute atomic E-state index is 6.05. The van der Waals surface area contributed by atoms with Crippen molar-refractivity contribution in [2.45, 2.75) is 32.1 Å². The number of anilines is 1. The van der Waals surface area contributed by atoms with Crippen LogP contribution in [-0.4, -0.2) is 16.5 Å². The Balaban J connectivity index is 1.94. The van der Waals surface area contributed by atoms with E-state index in [1.807, 2.05) is 18.2 Å². The van der Waals surface area contributed by atoms with Gasteiger partial charge < -0.3 is 5.32 Å². The predicted molar refractivity (Wildman–Crippen MR) is 90.1 cm³/mol. The van der Waals surface area contributed by atoms with Gasteiger partial charge in [0.1, 0.15) is 11.6 Å². The molecule has 3 nitrogen and oxygen atoms in total. The van der Waals surface area contributed by atoms with Crippen molar-refractivity contribution in [2.24, 2.45) is 0 Å². The number of benzene rings is 1. The molecule has 0 atom stereocenters. The van der Waals surface area contributed by atoms with E-state index in [1.165, 1.54) is 12.8 Å². The van der Waals surface area contributed by atoms with E-state index in [0.29, 0.717) is 12.3 Å². The molecule has 3 rings (SSSR count). The predicted octanol–water partition coefficient (Wildman–Crippen LogP) is 4.79. The highest BCUT2D eigenvalue weighted by Crippen LogP contribution is 2.43. The topological polar surface area (TPSA) is 37.8 Å². The number of hydrogen-bond acceptors (Lipinski definition) is 3. The quantitative estimate of drug-likeness (QED) is 0.826. The molecule has 1 aromatic heterocycles. The zero-order chi connectivity index (χ0) is 14.8. The van der Waals surface area contributed by atoms with Crippen LogP contribution in [0.1, 0.15) is 42.8 Å². The molecule has 0 amide bonds. The van der Waals surface area contributed by atoms with E-state index >= 15 is 0 Å². The molecule has 5 heteroatoms. The van der Waals surface area contributed by atoms with Crippen LogP contribution >= 0.6 is 27.5 Å². The number of aromatic nitrogens is 2. The van der Waals surface area contributed by atoms with Gasteiger partial charge in [0.15, 0.2) is 0 Å². The molecule has 0 bridgehead atoms. The highest BCUT2D eigenvalue weighted by Gasteiger charge is 2.29. The lowest BCUT2D eigenvalue weighted by Crippen LogP contribution is -2.08. The first kappa shape index (κ1) is 14.8. The van der Waals surface area contributed by atoms with Crippen molar-refractivity contribution in [2.75, 3.05) is 11.9 Å². The van der Waals surface area contributed by atoms with Crippen molar-refractivity contribution in [1.29, 1.82) is 0 Å². The molecule has 1 aliphatic rings. The second-order valence-corrected chi connectivity index (χ2v) is 6.53. The number of nitrogens with zero attached hydrogens (tertiary/aromatic N) is 2. The zero-order valence-electron chi connectivity index (χ0n) is 11.9. The van der Waals surface area contributed by atoms with Crippen molar-refractivity contribution in [3.8, 4) is 0 Å². The average molecular weight is 367 g/mol. The average Bonchev–Trinajstić information content (AvgIpc) is 3.27. The lowest BCUT2D eigenvalue weighted by molar-refractivity contribution is 0.888. The largest absolute Gasteiger partial charge is 0.369 e. The van der Waals surface area contributed by atoms with E-state index in [4.69, 9.17) is 16.6 Å². The maximum atomic E-state index is 6.05. The summed E-state index contributed by atoms with van der Waals surface area (Å²) in [7, 11) is 0. The third kappa shape index (κ3) is 3.55. The lowest BCUT2D eigenvalue weighted by atomic mass is 10.1. The van der Waals surface area contributed by atoms with Crippen LogP contribution < -0.4 is 5.32 Å². The zero-order valence-corrected chi connectivity index (χ0v) is 14.2. The minimum Gasteiger partial charge on any atom is -0.369 e. The van der Waals surface area contributed by atoms with Crippen LogP contribution in [0.2, 0.25) is 5.02 Å². The van der Waals surface area contributed by atoms with E-state index in [2.05, 4.69) is 39.2 Å². The molecular formula is C16H17BrClN3. The van der Waals surface area contributed by atoms with E-state index in [1.54, 1.807) is 0 Å². The van der Waals surface area contributed by atoms with Crippen molar-refractivity contribution < 1.29 is 0 Å². The Morgan fingerprint density at radius 1 is 1.33 bits per heavy atom. The van der Waals surface area contributed by atoms with Gasteiger partial charge in [-0.15, -0.1) is 0 Å². The molecule has 0 aliphatic heterocycles. The van der Waals surface area contributed by atoms with Crippen molar-refractivity contribution in [3.63, 3.8) is 0 Å². The second-order valence-electron chi connectivity index (χ2n) is 5.30. The van der Waals surface area contributed by atoms with Crippen LogP contribution in [0, 0.1) is 0 Å². The van der Waals surface area contributed by atoms with Crippen LogP contribution in [-0.2, 0) is 6.42 Å². The van der Waals surface area contributed by atoms with Crippen LogP contribution in [0.15, 0.2) is 28.7 Å². The summed E-state index contributed by atoms with van der Waals surface area (Å²) in [5, 5.41) is 4.06. The van der Waals surface area contributed by atoms with Gasteiger partial charge >= 0.3 is 0 Å². The molecule has 1 N–H and O–H groups in total. The Hall–Kier alpha value is -1.13. The summed E-state index contributed by atoms with van der Waals surface area (Å²) in [6.07, 6.45) is 3.14. The minimum atomic E-state index is 0.581. The Bertz CT molecular complexity index is 656. The smallest absolute Gasteiger partial charge is 0.144 e. The Labute approximate surface area is 138 Å². The van der Waals surface area contributed by atoms with Crippen LogP contribution in [0.25, 0.3) is 0 Å². The fraction of sp³-hybridized carbons (Fsp3) is 0.375. The first-order valence-corrected chi connectivity index (χ1v) is 8.39. The molecular weight excluding hydrogens is 350 g/mol. The molecule has 1 saturated carbocycles. The first-order chi connectivity index (χ1) is 10.2. The van der Waals surface area contributed by atoms with E-state index in [-0.39, 0.29) is 0 Å². The highest BCUT2D eigenvalue weighted by molar-refractivity contribution is 9.10. The molecule has 110 valence electrons. The standard InChI is InChI=1S/C16H17BrClN3/c1-2-19-16-14(17)15(11-6-7-11)20-13(21-16)9-10-4-3-5-12(18)8-10/h3-5,8,11H,2,6-7,9H2,1H3,(H,19,20,21).